The molecule has 0 saturated heterocycles. The number of thioether (sulfide) groups is 1. The van der Waals surface area contributed by atoms with Crippen LogP contribution >= 0.6 is 27.7 Å². The molecule has 1 N–H and O–H groups in total. The Labute approximate surface area is 198 Å². The molecule has 2 aliphatic heterocycles. The molecule has 9 heteroatoms. The van der Waals surface area contributed by atoms with Gasteiger partial charge in [0, 0.05) is 16.0 Å². The molecule has 0 aliphatic carbocycles. The Kier molecular flexibility index (Phi) is 6.76. The molecule has 4 rings (SSSR count). The number of ether oxygens (including phenoxy) is 2. The van der Waals surface area contributed by atoms with Crippen molar-refractivity contribution < 1.29 is 14.3 Å². The minimum Gasteiger partial charge on any atom is -0.490 e. The lowest BCUT2D eigenvalue weighted by molar-refractivity contribution is -0.114. The topological polar surface area (TPSA) is 87.3 Å². The maximum Gasteiger partial charge on any atom is 0.283 e. The fourth-order valence-corrected chi connectivity index (χ4v) is 4.13. The first-order valence-corrected chi connectivity index (χ1v) is 11.6. The number of carbonyl (C=O) groups excluding carboxylic acids is 1. The van der Waals surface area contributed by atoms with Crippen LogP contribution < -0.4 is 9.47 Å². The van der Waals surface area contributed by atoms with Gasteiger partial charge in [-0.25, -0.2) is 0 Å². The second-order valence-electron chi connectivity index (χ2n) is 7.30. The van der Waals surface area contributed by atoms with Crippen molar-refractivity contribution >= 4 is 55.7 Å². The van der Waals surface area contributed by atoms with Gasteiger partial charge in [0.15, 0.2) is 5.84 Å². The minimum atomic E-state index is -0.456. The van der Waals surface area contributed by atoms with Gasteiger partial charge in [0.05, 0.1) is 5.57 Å². The molecule has 2 aromatic carbocycles. The molecule has 0 spiro atoms. The number of hydrogen-bond acceptors (Lipinski definition) is 6. The molecule has 0 fully saturated rings. The average Bonchev–Trinajstić information content (AvgIpc) is 3.21. The first kappa shape index (κ1) is 22.3. The van der Waals surface area contributed by atoms with E-state index in [-0.39, 0.29) is 17.3 Å². The zero-order valence-electron chi connectivity index (χ0n) is 17.5. The molecule has 2 aromatic rings. The molecule has 7 nitrogen and oxygen atoms in total. The van der Waals surface area contributed by atoms with Gasteiger partial charge in [0.1, 0.15) is 29.8 Å². The van der Waals surface area contributed by atoms with E-state index < -0.39 is 5.91 Å². The summed E-state index contributed by atoms with van der Waals surface area (Å²) in [6, 6.07) is 14.9. The van der Waals surface area contributed by atoms with Crippen LogP contribution in [0.15, 0.2) is 68.7 Å². The average molecular weight is 513 g/mol. The van der Waals surface area contributed by atoms with Crippen molar-refractivity contribution in [3.63, 3.8) is 0 Å². The van der Waals surface area contributed by atoms with E-state index in [1.165, 1.54) is 16.8 Å². The number of halogens is 1. The molecule has 32 heavy (non-hydrogen) atoms. The molecule has 0 bridgehead atoms. The van der Waals surface area contributed by atoms with E-state index in [1.54, 1.807) is 6.08 Å². The zero-order chi connectivity index (χ0) is 22.7. The summed E-state index contributed by atoms with van der Waals surface area (Å²) < 4.78 is 12.6. The molecule has 0 radical (unpaired) electrons. The van der Waals surface area contributed by atoms with E-state index >= 15 is 0 Å². The molecule has 0 saturated carbocycles. The fourth-order valence-electron chi connectivity index (χ4n) is 2.97. The van der Waals surface area contributed by atoms with Crippen molar-refractivity contribution in [3.8, 4) is 11.5 Å². The Morgan fingerprint density at radius 2 is 1.84 bits per heavy atom. The Morgan fingerprint density at radius 1 is 1.12 bits per heavy atom. The quantitative estimate of drug-likeness (QED) is 0.407. The zero-order valence-corrected chi connectivity index (χ0v) is 19.9. The van der Waals surface area contributed by atoms with Crippen LogP contribution in [0.3, 0.4) is 0 Å². The van der Waals surface area contributed by atoms with Crippen LogP contribution in [-0.2, 0) is 4.79 Å². The summed E-state index contributed by atoms with van der Waals surface area (Å²) in [5.74, 6) is 1.10. The highest BCUT2D eigenvalue weighted by molar-refractivity contribution is 9.10. The number of para-hydroxylation sites is 1. The van der Waals surface area contributed by atoms with Crippen LogP contribution in [0.2, 0.25) is 0 Å². The molecular weight excluding hydrogens is 492 g/mol. The number of nitrogens with zero attached hydrogens (tertiary/aromatic N) is 3. The van der Waals surface area contributed by atoms with E-state index in [0.29, 0.717) is 29.7 Å². The number of aliphatic imine (C=N–C) groups is 1. The maximum atomic E-state index is 12.6. The summed E-state index contributed by atoms with van der Waals surface area (Å²) in [7, 11) is 0. The van der Waals surface area contributed by atoms with Gasteiger partial charge < -0.3 is 9.47 Å². The summed E-state index contributed by atoms with van der Waals surface area (Å²) in [6.07, 6.45) is 1.63. The normalized spacial score (nSPS) is 16.9. The third-order valence-electron chi connectivity index (χ3n) is 4.61. The van der Waals surface area contributed by atoms with E-state index in [1.807, 2.05) is 62.4 Å². The molecule has 0 unspecified atom stereocenters. The number of benzene rings is 2. The molecular formula is C23H21BrN4O3S. The Morgan fingerprint density at radius 3 is 2.59 bits per heavy atom. The highest BCUT2D eigenvalue weighted by atomic mass is 79.9. The molecule has 0 aromatic heterocycles. The van der Waals surface area contributed by atoms with Gasteiger partial charge in [0.2, 0.25) is 5.17 Å². The number of carbonyl (C=O) groups is 1. The highest BCUT2D eigenvalue weighted by Crippen LogP contribution is 2.31. The maximum absolute atomic E-state index is 12.6. The molecule has 2 heterocycles. The summed E-state index contributed by atoms with van der Waals surface area (Å²) in [4.78, 5) is 16.8. The third kappa shape index (κ3) is 4.94. The summed E-state index contributed by atoms with van der Waals surface area (Å²) >= 11 is 4.73. The molecule has 0 atom stereocenters. The van der Waals surface area contributed by atoms with Gasteiger partial charge in [0.25, 0.3) is 5.91 Å². The van der Waals surface area contributed by atoms with Crippen molar-refractivity contribution in [1.29, 1.82) is 5.41 Å². The number of fused-ring (bicyclic) bond motifs is 1. The van der Waals surface area contributed by atoms with Gasteiger partial charge in [-0.15, -0.1) is 0 Å². The lowest BCUT2D eigenvalue weighted by atomic mass is 10.1. The second-order valence-corrected chi connectivity index (χ2v) is 9.20. The predicted molar refractivity (Wildman–Crippen MR) is 131 cm³/mol. The van der Waals surface area contributed by atoms with E-state index in [4.69, 9.17) is 14.9 Å². The smallest absolute Gasteiger partial charge is 0.283 e. The van der Waals surface area contributed by atoms with Crippen LogP contribution in [0.25, 0.3) is 6.08 Å². The van der Waals surface area contributed by atoms with Crippen molar-refractivity contribution in [2.24, 2.45) is 16.0 Å². The van der Waals surface area contributed by atoms with Crippen LogP contribution in [-0.4, -0.2) is 40.2 Å². The number of rotatable bonds is 7. The molecule has 164 valence electrons. The Bertz CT molecular complexity index is 1140. The Hall–Kier alpha value is -2.91. The number of hydrazone groups is 1. The van der Waals surface area contributed by atoms with E-state index in [9.17, 15) is 4.79 Å². The second kappa shape index (κ2) is 9.70. The highest BCUT2D eigenvalue weighted by Gasteiger charge is 2.36. The Balaban J connectivity index is 1.47. The largest absolute Gasteiger partial charge is 0.490 e. The lowest BCUT2D eigenvalue weighted by Gasteiger charge is -2.20. The summed E-state index contributed by atoms with van der Waals surface area (Å²) in [5, 5.41) is 15.6. The van der Waals surface area contributed by atoms with E-state index in [0.717, 1.165) is 15.3 Å². The minimum absolute atomic E-state index is 0.0107. The summed E-state index contributed by atoms with van der Waals surface area (Å²) in [5.41, 5.74) is 0.855. The number of amidine groups is 2. The van der Waals surface area contributed by atoms with Gasteiger partial charge >= 0.3 is 0 Å². The van der Waals surface area contributed by atoms with Crippen LogP contribution in [0.1, 0.15) is 19.4 Å². The fraction of sp³-hybridized carbons (Fsp3) is 0.217. The van der Waals surface area contributed by atoms with Gasteiger partial charge in [-0.2, -0.15) is 15.1 Å². The monoisotopic (exact) mass is 512 g/mol. The predicted octanol–water partition coefficient (Wildman–Crippen LogP) is 5.18. The first-order valence-electron chi connectivity index (χ1n) is 10.0. The number of hydrogen-bond donors (Lipinski definition) is 1. The van der Waals surface area contributed by atoms with Gasteiger partial charge in [-0.3, -0.25) is 10.2 Å². The standard InChI is InChI=1S/C23H21BrN4O3S/c1-14(2)22-27-28-20(25)18(21(29)26-23(28)32-22)13-15-5-3-4-6-19(15)31-12-11-30-17-9-7-16(24)8-10-17/h3-10,13-14,25H,11-12H2,1-2H3. The first-order chi connectivity index (χ1) is 15.4. The third-order valence-corrected chi connectivity index (χ3v) is 6.34. The van der Waals surface area contributed by atoms with Crippen LogP contribution in [0.5, 0.6) is 11.5 Å². The molecule has 1 amide bonds. The van der Waals surface area contributed by atoms with E-state index in [2.05, 4.69) is 26.0 Å². The number of amides is 1. The SMILES string of the molecule is CC(C)C1=NN2C(=N)C(=Cc3ccccc3OCCOc3ccc(Br)cc3)C(=O)N=C2S1. The molecule has 2 aliphatic rings. The van der Waals surface area contributed by atoms with Crippen LogP contribution in [0.4, 0.5) is 0 Å². The summed E-state index contributed by atoms with van der Waals surface area (Å²) in [6.45, 7) is 4.73. The lowest BCUT2D eigenvalue weighted by Crippen LogP contribution is -2.35. The van der Waals surface area contributed by atoms with Crippen molar-refractivity contribution in [3.05, 3.63) is 64.1 Å². The van der Waals surface area contributed by atoms with Crippen molar-refractivity contribution in [2.45, 2.75) is 13.8 Å². The van der Waals surface area contributed by atoms with Crippen molar-refractivity contribution in [2.75, 3.05) is 13.2 Å². The van der Waals surface area contributed by atoms with Gasteiger partial charge in [-0.05, 0) is 48.2 Å². The van der Waals surface area contributed by atoms with Gasteiger partial charge in [-0.1, -0.05) is 48.0 Å². The van der Waals surface area contributed by atoms with Crippen molar-refractivity contribution in [1.82, 2.24) is 5.01 Å². The van der Waals surface area contributed by atoms with Crippen LogP contribution in [0, 0.1) is 11.3 Å². The number of nitrogens with one attached hydrogen (secondary N) is 1.